The molecule has 2 aromatic carbocycles. The third-order valence-corrected chi connectivity index (χ3v) is 6.53. The number of thioether (sulfide) groups is 1. The highest BCUT2D eigenvalue weighted by atomic mass is 32.2. The third-order valence-electron chi connectivity index (χ3n) is 5.47. The van der Waals surface area contributed by atoms with Gasteiger partial charge in [-0.05, 0) is 30.2 Å². The normalized spacial score (nSPS) is 13.0. The Morgan fingerprint density at radius 3 is 2.91 bits per heavy atom. The van der Waals surface area contributed by atoms with Crippen LogP contribution >= 0.6 is 11.8 Å². The second-order valence-electron chi connectivity index (χ2n) is 7.36. The van der Waals surface area contributed by atoms with Crippen molar-refractivity contribution in [2.45, 2.75) is 30.7 Å². The lowest BCUT2D eigenvalue weighted by Crippen LogP contribution is -2.13. The number of hydrogen-bond donors (Lipinski definition) is 0. The molecular formula is C23H18N4O4S. The summed E-state index contributed by atoms with van der Waals surface area (Å²) in [4.78, 5) is 15.7. The molecule has 0 aliphatic carbocycles. The second-order valence-corrected chi connectivity index (χ2v) is 8.35. The summed E-state index contributed by atoms with van der Waals surface area (Å²) in [7, 11) is 0. The van der Waals surface area contributed by atoms with Crippen LogP contribution in [0.5, 0.6) is 5.75 Å². The van der Waals surface area contributed by atoms with Gasteiger partial charge in [0.25, 0.3) is 5.69 Å². The molecule has 0 N–H and O–H groups in total. The van der Waals surface area contributed by atoms with Crippen LogP contribution in [-0.2, 0) is 23.5 Å². The Hall–Kier alpha value is -3.61. The summed E-state index contributed by atoms with van der Waals surface area (Å²) >= 11 is 1.53. The standard InChI is InChI=1S/C23H18N4O4S/c1-2-14-9-21(26-20-6-4-3-5-19(20)25-23(26)18(14)10-24)32-12-16-8-17(27(28)29)7-15-11-30-13-31-22(15)16/h3-9H,2,11-13H2,1H3. The molecule has 5 rings (SSSR count). The van der Waals surface area contributed by atoms with Crippen LogP contribution in [0, 0.1) is 21.4 Å². The van der Waals surface area contributed by atoms with Gasteiger partial charge in [0, 0.05) is 29.0 Å². The number of pyridine rings is 1. The number of nitrogens with zero attached hydrogens (tertiary/aromatic N) is 4. The molecule has 1 aliphatic rings. The monoisotopic (exact) mass is 446 g/mol. The molecule has 3 heterocycles. The summed E-state index contributed by atoms with van der Waals surface area (Å²) < 4.78 is 13.0. The average molecular weight is 446 g/mol. The Labute approximate surface area is 187 Å². The van der Waals surface area contributed by atoms with E-state index in [4.69, 9.17) is 14.5 Å². The second kappa shape index (κ2) is 8.15. The van der Waals surface area contributed by atoms with E-state index in [-0.39, 0.29) is 19.1 Å². The number of hydrogen-bond acceptors (Lipinski definition) is 7. The van der Waals surface area contributed by atoms with Gasteiger partial charge in [0.1, 0.15) is 11.8 Å². The van der Waals surface area contributed by atoms with Crippen LogP contribution < -0.4 is 4.74 Å². The van der Waals surface area contributed by atoms with Gasteiger partial charge < -0.3 is 9.47 Å². The third kappa shape index (κ3) is 3.34. The minimum Gasteiger partial charge on any atom is -0.467 e. The van der Waals surface area contributed by atoms with Crippen LogP contribution in [0.15, 0.2) is 47.5 Å². The zero-order valence-corrected chi connectivity index (χ0v) is 18.0. The van der Waals surface area contributed by atoms with Gasteiger partial charge in [0.2, 0.25) is 0 Å². The van der Waals surface area contributed by atoms with Crippen molar-refractivity contribution in [1.29, 1.82) is 5.26 Å². The first-order valence-electron chi connectivity index (χ1n) is 10.1. The molecule has 0 saturated heterocycles. The van der Waals surface area contributed by atoms with Gasteiger partial charge in [0.05, 0.1) is 33.2 Å². The van der Waals surface area contributed by atoms with Crippen molar-refractivity contribution in [2.24, 2.45) is 0 Å². The molecule has 0 spiro atoms. The number of para-hydroxylation sites is 2. The van der Waals surface area contributed by atoms with Crippen molar-refractivity contribution in [2.75, 3.05) is 6.79 Å². The van der Waals surface area contributed by atoms with Gasteiger partial charge in [0.15, 0.2) is 12.4 Å². The molecule has 0 bridgehead atoms. The molecule has 0 amide bonds. The summed E-state index contributed by atoms with van der Waals surface area (Å²) in [6, 6.07) is 15.1. The fourth-order valence-electron chi connectivity index (χ4n) is 4.00. The molecule has 8 nitrogen and oxygen atoms in total. The number of aryl methyl sites for hydroxylation is 1. The zero-order chi connectivity index (χ0) is 22.2. The Bertz CT molecular complexity index is 1420. The van der Waals surface area contributed by atoms with Gasteiger partial charge in [-0.3, -0.25) is 14.5 Å². The molecular weight excluding hydrogens is 428 g/mol. The first-order valence-corrected chi connectivity index (χ1v) is 11.1. The van der Waals surface area contributed by atoms with E-state index in [1.807, 2.05) is 41.7 Å². The molecule has 0 saturated carbocycles. The van der Waals surface area contributed by atoms with E-state index in [0.717, 1.165) is 27.2 Å². The smallest absolute Gasteiger partial charge is 0.270 e. The van der Waals surface area contributed by atoms with Crippen molar-refractivity contribution in [1.82, 2.24) is 9.38 Å². The largest absolute Gasteiger partial charge is 0.467 e. The van der Waals surface area contributed by atoms with Gasteiger partial charge in [-0.2, -0.15) is 5.26 Å². The molecule has 160 valence electrons. The first kappa shape index (κ1) is 20.3. The van der Waals surface area contributed by atoms with Crippen molar-refractivity contribution in [3.63, 3.8) is 0 Å². The molecule has 0 radical (unpaired) electrons. The van der Waals surface area contributed by atoms with Crippen LogP contribution in [0.25, 0.3) is 16.7 Å². The first-order chi connectivity index (χ1) is 15.6. The van der Waals surface area contributed by atoms with Crippen LogP contribution in [0.2, 0.25) is 0 Å². The molecule has 0 fully saturated rings. The minimum atomic E-state index is -0.401. The summed E-state index contributed by atoms with van der Waals surface area (Å²) in [5.41, 5.74) is 5.27. The van der Waals surface area contributed by atoms with Crippen LogP contribution in [0.4, 0.5) is 5.69 Å². The highest BCUT2D eigenvalue weighted by molar-refractivity contribution is 7.98. The number of nitriles is 1. The van der Waals surface area contributed by atoms with E-state index >= 15 is 0 Å². The topological polar surface area (TPSA) is 103 Å². The fraction of sp³-hybridized carbons (Fsp3) is 0.217. The van der Waals surface area contributed by atoms with Crippen molar-refractivity contribution < 1.29 is 14.4 Å². The van der Waals surface area contributed by atoms with E-state index in [1.165, 1.54) is 17.8 Å². The lowest BCUT2D eigenvalue weighted by atomic mass is 10.1. The number of imidazole rings is 1. The highest BCUT2D eigenvalue weighted by Crippen LogP contribution is 2.38. The van der Waals surface area contributed by atoms with Gasteiger partial charge >= 0.3 is 0 Å². The quantitative estimate of drug-likeness (QED) is 0.242. The Morgan fingerprint density at radius 2 is 2.12 bits per heavy atom. The fourth-order valence-corrected chi connectivity index (χ4v) is 5.06. The maximum Gasteiger partial charge on any atom is 0.270 e. The SMILES string of the molecule is CCc1cc(SCc2cc([N+](=O)[O-])cc3c2OCOC3)n2c(nc3ccccc32)c1C#N. The lowest BCUT2D eigenvalue weighted by molar-refractivity contribution is -0.385. The molecule has 1 aliphatic heterocycles. The maximum atomic E-state index is 11.4. The van der Waals surface area contributed by atoms with E-state index in [1.54, 1.807) is 6.07 Å². The molecule has 2 aromatic heterocycles. The summed E-state index contributed by atoms with van der Waals surface area (Å²) in [5, 5.41) is 22.1. The summed E-state index contributed by atoms with van der Waals surface area (Å²) in [5.74, 6) is 1.10. The Kier molecular flexibility index (Phi) is 5.17. The van der Waals surface area contributed by atoms with Gasteiger partial charge in [-0.25, -0.2) is 4.98 Å². The number of rotatable bonds is 5. The van der Waals surface area contributed by atoms with Gasteiger partial charge in [-0.1, -0.05) is 19.1 Å². The maximum absolute atomic E-state index is 11.4. The van der Waals surface area contributed by atoms with Crippen LogP contribution in [-0.4, -0.2) is 21.1 Å². The molecule has 0 atom stereocenters. The number of aromatic nitrogens is 2. The summed E-state index contributed by atoms with van der Waals surface area (Å²) in [6.45, 7) is 2.41. The minimum absolute atomic E-state index is 0.0146. The van der Waals surface area contributed by atoms with E-state index < -0.39 is 4.92 Å². The number of non-ortho nitro benzene ring substituents is 1. The summed E-state index contributed by atoms with van der Waals surface area (Å²) in [6.07, 6.45) is 0.697. The number of nitro groups is 1. The number of nitro benzene ring substituents is 1. The molecule has 0 unspecified atom stereocenters. The number of benzene rings is 2. The highest BCUT2D eigenvalue weighted by Gasteiger charge is 2.22. The average Bonchev–Trinajstić information content (AvgIpc) is 3.21. The zero-order valence-electron chi connectivity index (χ0n) is 17.2. The molecule has 32 heavy (non-hydrogen) atoms. The number of ether oxygens (including phenoxy) is 2. The Balaban J connectivity index is 1.63. The van der Waals surface area contributed by atoms with E-state index in [9.17, 15) is 15.4 Å². The van der Waals surface area contributed by atoms with E-state index in [2.05, 4.69) is 6.07 Å². The number of fused-ring (bicyclic) bond motifs is 4. The predicted octanol–water partition coefficient (Wildman–Crippen LogP) is 4.99. The van der Waals surface area contributed by atoms with Gasteiger partial charge in [-0.15, -0.1) is 11.8 Å². The predicted molar refractivity (Wildman–Crippen MR) is 120 cm³/mol. The lowest BCUT2D eigenvalue weighted by Gasteiger charge is -2.20. The van der Waals surface area contributed by atoms with Crippen LogP contribution in [0.3, 0.4) is 0 Å². The molecule has 9 heteroatoms. The van der Waals surface area contributed by atoms with Crippen molar-refractivity contribution in [3.8, 4) is 11.8 Å². The van der Waals surface area contributed by atoms with Crippen molar-refractivity contribution in [3.05, 3.63) is 74.8 Å². The van der Waals surface area contributed by atoms with E-state index in [0.29, 0.717) is 34.7 Å². The van der Waals surface area contributed by atoms with Crippen LogP contribution in [0.1, 0.15) is 29.2 Å². The Morgan fingerprint density at radius 1 is 1.28 bits per heavy atom. The van der Waals surface area contributed by atoms with Crippen molar-refractivity contribution >= 4 is 34.1 Å². The molecule has 4 aromatic rings.